The smallest absolute Gasteiger partial charge is 0.416 e. The van der Waals surface area contributed by atoms with Crippen molar-refractivity contribution in [1.82, 2.24) is 19.7 Å². The van der Waals surface area contributed by atoms with Gasteiger partial charge in [0.05, 0.1) is 23.6 Å². The summed E-state index contributed by atoms with van der Waals surface area (Å²) in [5.74, 6) is 0.812. The van der Waals surface area contributed by atoms with E-state index < -0.39 is 35.4 Å². The van der Waals surface area contributed by atoms with Crippen molar-refractivity contribution in [1.29, 1.82) is 0 Å². The molecule has 1 saturated heterocycles. The second-order valence-electron chi connectivity index (χ2n) is 13.2. The van der Waals surface area contributed by atoms with Crippen molar-refractivity contribution in [2.45, 2.75) is 83.2 Å². The summed E-state index contributed by atoms with van der Waals surface area (Å²) in [6.45, 7) is 7.59. The fourth-order valence-electron chi connectivity index (χ4n) is 7.10. The predicted octanol–water partition coefficient (Wildman–Crippen LogP) is 6.78. The minimum Gasteiger partial charge on any atom is -0.444 e. The van der Waals surface area contributed by atoms with E-state index in [-0.39, 0.29) is 23.1 Å². The first-order valence-electron chi connectivity index (χ1n) is 14.7. The van der Waals surface area contributed by atoms with Crippen LogP contribution < -0.4 is 4.90 Å². The third kappa shape index (κ3) is 5.06. The van der Waals surface area contributed by atoms with Crippen LogP contribution in [0.1, 0.15) is 97.9 Å². The van der Waals surface area contributed by atoms with Gasteiger partial charge >= 0.3 is 12.3 Å². The van der Waals surface area contributed by atoms with E-state index >= 15 is 0 Å². The summed E-state index contributed by atoms with van der Waals surface area (Å²) in [6.07, 6.45) is -0.766. The first-order chi connectivity index (χ1) is 20.2. The number of rotatable bonds is 4. The Hall–Kier alpha value is -3.89. The summed E-state index contributed by atoms with van der Waals surface area (Å²) < 4.78 is 50.9. The van der Waals surface area contributed by atoms with Crippen molar-refractivity contribution >= 4 is 17.7 Å². The number of nitrogens with zero attached hydrogens (tertiary/aromatic N) is 5. The van der Waals surface area contributed by atoms with Gasteiger partial charge in [0.25, 0.3) is 5.91 Å². The normalized spacial score (nSPS) is 23.9. The molecule has 3 aromatic rings. The summed E-state index contributed by atoms with van der Waals surface area (Å²) in [4.78, 5) is 29.7. The molecular weight excluding hydrogens is 559 g/mol. The van der Waals surface area contributed by atoms with Crippen molar-refractivity contribution in [3.05, 3.63) is 76.4 Å². The van der Waals surface area contributed by atoms with Crippen molar-refractivity contribution in [3.63, 3.8) is 0 Å². The highest BCUT2D eigenvalue weighted by Crippen LogP contribution is 2.52. The van der Waals surface area contributed by atoms with Crippen LogP contribution in [-0.2, 0) is 29.9 Å². The van der Waals surface area contributed by atoms with Gasteiger partial charge in [-0.2, -0.15) is 13.2 Å². The summed E-state index contributed by atoms with van der Waals surface area (Å²) in [5.41, 5.74) is -0.208. The summed E-state index contributed by atoms with van der Waals surface area (Å²) in [6, 6.07) is 9.53. The summed E-state index contributed by atoms with van der Waals surface area (Å²) in [7, 11) is 1.90. The lowest BCUT2D eigenvalue weighted by Gasteiger charge is -2.46. The molecule has 6 rings (SSSR count). The van der Waals surface area contributed by atoms with Crippen LogP contribution in [0.25, 0.3) is 0 Å². The molecule has 3 aliphatic rings. The zero-order valence-corrected chi connectivity index (χ0v) is 25.0. The molecule has 2 aromatic carbocycles. The first kappa shape index (κ1) is 29.2. The molecule has 2 fully saturated rings. The Balaban J connectivity index is 1.36. The fourth-order valence-corrected chi connectivity index (χ4v) is 7.10. The highest BCUT2D eigenvalue weighted by molar-refractivity contribution is 6.10. The molecule has 0 radical (unpaired) electrons. The molecule has 0 bridgehead atoms. The molecule has 1 aliphatic carbocycles. The lowest BCUT2D eigenvalue weighted by molar-refractivity contribution is -0.138. The van der Waals surface area contributed by atoms with E-state index in [4.69, 9.17) is 4.74 Å². The minimum atomic E-state index is -4.68. The van der Waals surface area contributed by atoms with Crippen LogP contribution in [0.5, 0.6) is 0 Å². The molecule has 228 valence electrons. The topological polar surface area (TPSA) is 80.6 Å². The van der Waals surface area contributed by atoms with Gasteiger partial charge in [-0.15, -0.1) is 10.2 Å². The van der Waals surface area contributed by atoms with E-state index in [0.717, 1.165) is 30.3 Å². The lowest BCUT2D eigenvalue weighted by Crippen LogP contribution is -2.43. The number of carbonyl (C=O) groups is 2. The van der Waals surface area contributed by atoms with Crippen LogP contribution in [0, 0.1) is 5.92 Å². The van der Waals surface area contributed by atoms with Crippen LogP contribution in [0.2, 0.25) is 0 Å². The van der Waals surface area contributed by atoms with Crippen molar-refractivity contribution in [3.8, 4) is 0 Å². The standard InChI is InChI=1S/C32H36F3N5O3/c1-19-15-31(16-19,28-37-36-18-38(28)5)21-8-6-9-22(14-21)40-17-24-23(27(40)41)12-20(13-25(24)32(33,34)35)26-10-7-11-39(26)29(42)43-30(2,3)4/h6,8-9,12-14,18-19,26H,7,10-11,15-17H2,1-5H3. The quantitative estimate of drug-likeness (QED) is 0.332. The number of hydrogen-bond acceptors (Lipinski definition) is 5. The summed E-state index contributed by atoms with van der Waals surface area (Å²) in [5, 5.41) is 8.47. The minimum absolute atomic E-state index is 0.0200. The average molecular weight is 596 g/mol. The van der Waals surface area contributed by atoms with Crippen molar-refractivity contribution in [2.75, 3.05) is 11.4 Å². The fraction of sp³-hybridized carbons (Fsp3) is 0.500. The molecule has 1 saturated carbocycles. The molecule has 43 heavy (non-hydrogen) atoms. The second kappa shape index (κ2) is 10.1. The van der Waals surface area contributed by atoms with Crippen molar-refractivity contribution < 1.29 is 27.5 Å². The maximum Gasteiger partial charge on any atom is 0.416 e. The number of aromatic nitrogens is 3. The molecule has 2 aliphatic heterocycles. The molecule has 1 atom stereocenters. The lowest BCUT2D eigenvalue weighted by atomic mass is 9.58. The SMILES string of the molecule is CC1CC(c2cccc(N3Cc4c(cc(C5CCCN5C(=O)OC(C)(C)C)cc4C(F)(F)F)C3=O)c2)(c2nncn2C)C1. The monoisotopic (exact) mass is 595 g/mol. The average Bonchev–Trinajstić information content (AvgIpc) is 3.64. The zero-order valence-electron chi connectivity index (χ0n) is 25.0. The number of amides is 2. The molecule has 1 unspecified atom stereocenters. The van der Waals surface area contributed by atoms with Gasteiger partial charge in [0.2, 0.25) is 0 Å². The number of halogens is 3. The predicted molar refractivity (Wildman–Crippen MR) is 153 cm³/mol. The molecule has 2 amide bonds. The van der Waals surface area contributed by atoms with Gasteiger partial charge in [0.15, 0.2) is 0 Å². The maximum absolute atomic E-state index is 14.5. The number of carbonyl (C=O) groups excluding carboxylic acids is 2. The van der Waals surface area contributed by atoms with E-state index in [9.17, 15) is 22.8 Å². The van der Waals surface area contributed by atoms with Crippen LogP contribution in [0.4, 0.5) is 23.7 Å². The largest absolute Gasteiger partial charge is 0.444 e. The van der Waals surface area contributed by atoms with Gasteiger partial charge in [-0.3, -0.25) is 4.79 Å². The number of likely N-dealkylation sites (tertiary alicyclic amines) is 1. The second-order valence-corrected chi connectivity index (χ2v) is 13.2. The molecule has 3 heterocycles. The molecule has 11 heteroatoms. The Bertz CT molecular complexity index is 1590. The van der Waals surface area contributed by atoms with E-state index in [2.05, 4.69) is 17.1 Å². The van der Waals surface area contributed by atoms with Gasteiger partial charge in [0.1, 0.15) is 17.8 Å². The van der Waals surface area contributed by atoms with Crippen LogP contribution in [0.3, 0.4) is 0 Å². The van der Waals surface area contributed by atoms with Gasteiger partial charge in [-0.25, -0.2) is 4.79 Å². The van der Waals surface area contributed by atoms with Crippen LogP contribution in [0.15, 0.2) is 42.7 Å². The Morgan fingerprint density at radius 1 is 1.12 bits per heavy atom. The molecular formula is C32H36F3N5O3. The maximum atomic E-state index is 14.5. The van der Waals surface area contributed by atoms with E-state index in [1.165, 1.54) is 9.80 Å². The molecule has 0 spiro atoms. The Labute approximate surface area is 248 Å². The third-order valence-electron chi connectivity index (χ3n) is 8.88. The van der Waals surface area contributed by atoms with Gasteiger partial charge < -0.3 is 19.1 Å². The van der Waals surface area contributed by atoms with E-state index in [1.807, 2.05) is 29.8 Å². The number of benzene rings is 2. The number of alkyl halides is 3. The van der Waals surface area contributed by atoms with Crippen molar-refractivity contribution in [2.24, 2.45) is 13.0 Å². The van der Waals surface area contributed by atoms with Gasteiger partial charge in [-0.1, -0.05) is 19.1 Å². The molecule has 1 aromatic heterocycles. The summed E-state index contributed by atoms with van der Waals surface area (Å²) >= 11 is 0. The van der Waals surface area contributed by atoms with E-state index in [0.29, 0.717) is 36.6 Å². The van der Waals surface area contributed by atoms with Gasteiger partial charge in [0, 0.05) is 24.8 Å². The number of hydrogen-bond donors (Lipinski definition) is 0. The Kier molecular flexibility index (Phi) is 6.85. The zero-order chi connectivity index (χ0) is 30.9. The Morgan fingerprint density at radius 3 is 2.49 bits per heavy atom. The van der Waals surface area contributed by atoms with Crippen LogP contribution in [-0.4, -0.2) is 43.8 Å². The number of ether oxygens (including phenoxy) is 1. The number of anilines is 1. The third-order valence-corrected chi connectivity index (χ3v) is 8.88. The highest BCUT2D eigenvalue weighted by atomic mass is 19.4. The molecule has 0 N–H and O–H groups in total. The number of aryl methyl sites for hydroxylation is 1. The Morgan fingerprint density at radius 2 is 1.86 bits per heavy atom. The molecule has 8 nitrogen and oxygen atoms in total. The number of fused-ring (bicyclic) bond motifs is 1. The highest BCUT2D eigenvalue weighted by Gasteiger charge is 2.49. The van der Waals surface area contributed by atoms with Gasteiger partial charge in [-0.05, 0) is 93.3 Å². The van der Waals surface area contributed by atoms with E-state index in [1.54, 1.807) is 39.2 Å². The first-order valence-corrected chi connectivity index (χ1v) is 14.7. The van der Waals surface area contributed by atoms with Crippen LogP contribution >= 0.6 is 0 Å².